The number of hydroxylamine groups is 1. The zero-order chi connectivity index (χ0) is 21.4. The smallest absolute Gasteiger partial charge is 0.370 e. The summed E-state index contributed by atoms with van der Waals surface area (Å²) in [6, 6.07) is 3.65. The topological polar surface area (TPSA) is 146 Å². The summed E-state index contributed by atoms with van der Waals surface area (Å²) in [5, 5.41) is 21.7. The summed E-state index contributed by atoms with van der Waals surface area (Å²) < 4.78 is 54.0. The van der Waals surface area contributed by atoms with Gasteiger partial charge in [-0.1, -0.05) is 5.46 Å². The molecule has 0 fully saturated rings. The lowest BCUT2D eigenvalue weighted by molar-refractivity contribution is -0.118. The zero-order valence-corrected chi connectivity index (χ0v) is 14.7. The van der Waals surface area contributed by atoms with Crippen LogP contribution in [0.5, 0.6) is 0 Å². The highest BCUT2D eigenvalue weighted by molar-refractivity contribution is 6.32. The normalized spacial score (nSPS) is 12.7. The van der Waals surface area contributed by atoms with Crippen LogP contribution in [-0.4, -0.2) is 61.0 Å². The fourth-order valence-corrected chi connectivity index (χ4v) is 1.92. The third-order valence-electron chi connectivity index (χ3n) is 3.19. The molecule has 6 N–H and O–H groups in total. The number of aromatic nitrogens is 2. The number of hydrogen-bond acceptors (Lipinski definition) is 7. The lowest BCUT2D eigenvalue weighted by atomic mass is 9.95. The molecule has 0 aliphatic rings. The number of nitrogens with zero attached hydrogens (tertiary/aromatic N) is 4. The molecule has 0 spiro atoms. The fraction of sp³-hybridized carbons (Fsp3) is 0.286. The Kier molecular flexibility index (Phi) is 7.36. The highest BCUT2D eigenvalue weighted by Gasteiger charge is 2.26. The van der Waals surface area contributed by atoms with Gasteiger partial charge in [-0.15, -0.1) is 0 Å². The zero-order valence-electron chi connectivity index (χ0n) is 14.7. The number of benzene rings is 1. The van der Waals surface area contributed by atoms with Crippen LogP contribution in [0.3, 0.4) is 0 Å². The molecule has 0 saturated heterocycles. The summed E-state index contributed by atoms with van der Waals surface area (Å²) in [5.41, 5.74) is 7.18. The van der Waals surface area contributed by atoms with Crippen LogP contribution in [0.2, 0.25) is 0 Å². The predicted octanol–water partition coefficient (Wildman–Crippen LogP) is -0.0619. The Bertz CT molecular complexity index is 887. The summed E-state index contributed by atoms with van der Waals surface area (Å²) in [6.45, 7) is -1.18. The van der Waals surface area contributed by atoms with Gasteiger partial charge in [0, 0.05) is 13.1 Å². The van der Waals surface area contributed by atoms with Crippen LogP contribution in [-0.2, 0) is 0 Å². The van der Waals surface area contributed by atoms with Gasteiger partial charge in [0.15, 0.2) is 17.5 Å². The van der Waals surface area contributed by atoms with E-state index in [0.29, 0.717) is 0 Å². The van der Waals surface area contributed by atoms with Gasteiger partial charge in [0.25, 0.3) is 0 Å². The minimum atomic E-state index is -4.45. The van der Waals surface area contributed by atoms with Crippen molar-refractivity contribution in [3.63, 3.8) is 0 Å². The van der Waals surface area contributed by atoms with E-state index >= 15 is 0 Å². The molecule has 0 aliphatic carbocycles. The summed E-state index contributed by atoms with van der Waals surface area (Å²) in [4.78, 5) is 7.17. The Hall–Kier alpha value is -3.36. The standard InChI is InChI=1S/C14H15BF4N8O2/c15-8-5-7(1-2-9(8)16)24-12(25-28)10-11(27-29-26-10)21-3-4-22-13(20)23-6-14(17,18)19/h1-2,5,28H,3-4,6H2,(H,21,27)(H,24,25)(H3,20,22,23). The molecule has 2 rings (SSSR count). The number of anilines is 1. The third-order valence-corrected chi connectivity index (χ3v) is 3.19. The van der Waals surface area contributed by atoms with Crippen molar-refractivity contribution < 1.29 is 27.4 Å². The maximum Gasteiger partial charge on any atom is 0.408 e. The van der Waals surface area contributed by atoms with E-state index in [9.17, 15) is 22.8 Å². The van der Waals surface area contributed by atoms with E-state index in [4.69, 9.17) is 13.6 Å². The average molecular weight is 414 g/mol. The van der Waals surface area contributed by atoms with Crippen molar-refractivity contribution in [2.75, 3.05) is 25.0 Å². The van der Waals surface area contributed by atoms with Crippen molar-refractivity contribution in [1.29, 1.82) is 0 Å². The van der Waals surface area contributed by atoms with E-state index in [1.54, 1.807) is 0 Å². The minimum Gasteiger partial charge on any atom is -0.370 e. The minimum absolute atomic E-state index is 0.0193. The Morgan fingerprint density at radius 1 is 1.28 bits per heavy atom. The maximum absolute atomic E-state index is 13.2. The molecule has 0 aliphatic heterocycles. The predicted molar refractivity (Wildman–Crippen MR) is 96.2 cm³/mol. The van der Waals surface area contributed by atoms with Crippen LogP contribution < -0.4 is 27.3 Å². The maximum atomic E-state index is 13.2. The molecule has 2 aromatic rings. The van der Waals surface area contributed by atoms with E-state index in [1.807, 2.05) is 5.48 Å². The Morgan fingerprint density at radius 3 is 2.69 bits per heavy atom. The van der Waals surface area contributed by atoms with Crippen LogP contribution >= 0.6 is 0 Å². The number of nitrogens with one attached hydrogen (secondary N) is 3. The molecule has 0 bridgehead atoms. The van der Waals surface area contributed by atoms with Crippen LogP contribution in [0.25, 0.3) is 0 Å². The van der Waals surface area contributed by atoms with E-state index in [-0.39, 0.29) is 47.5 Å². The third kappa shape index (κ3) is 6.95. The fourth-order valence-electron chi connectivity index (χ4n) is 1.92. The average Bonchev–Trinajstić information content (AvgIpc) is 3.12. The first-order valence-electron chi connectivity index (χ1n) is 7.90. The van der Waals surface area contributed by atoms with Crippen LogP contribution in [0.15, 0.2) is 32.8 Å². The van der Waals surface area contributed by atoms with Crippen LogP contribution in [0, 0.1) is 5.82 Å². The van der Waals surface area contributed by atoms with Gasteiger partial charge in [0.1, 0.15) is 20.2 Å². The number of halogens is 4. The Balaban J connectivity index is 1.98. The molecule has 1 heterocycles. The molecule has 0 unspecified atom stereocenters. The molecule has 10 nitrogen and oxygen atoms in total. The van der Waals surface area contributed by atoms with Crippen molar-refractivity contribution in [3.8, 4) is 0 Å². The second-order valence-electron chi connectivity index (χ2n) is 5.41. The van der Waals surface area contributed by atoms with Gasteiger partial charge >= 0.3 is 6.18 Å². The molecule has 1 aromatic heterocycles. The first-order chi connectivity index (χ1) is 13.7. The van der Waals surface area contributed by atoms with E-state index < -0.39 is 18.5 Å². The highest BCUT2D eigenvalue weighted by atomic mass is 19.4. The molecule has 15 heteroatoms. The molecule has 0 atom stereocenters. The van der Waals surface area contributed by atoms with E-state index in [0.717, 1.165) is 6.07 Å². The number of rotatable bonds is 7. The van der Waals surface area contributed by atoms with Gasteiger partial charge < -0.3 is 16.4 Å². The van der Waals surface area contributed by atoms with Crippen molar-refractivity contribution in [1.82, 2.24) is 21.1 Å². The van der Waals surface area contributed by atoms with Gasteiger partial charge in [0.05, 0.1) is 5.69 Å². The van der Waals surface area contributed by atoms with Crippen molar-refractivity contribution in [2.24, 2.45) is 15.7 Å². The molecule has 1 aromatic carbocycles. The van der Waals surface area contributed by atoms with Crippen molar-refractivity contribution in [2.45, 2.75) is 6.18 Å². The summed E-state index contributed by atoms with van der Waals surface area (Å²) >= 11 is 0. The highest BCUT2D eigenvalue weighted by Crippen LogP contribution is 2.16. The van der Waals surface area contributed by atoms with Gasteiger partial charge in [-0.25, -0.2) is 19.0 Å². The van der Waals surface area contributed by atoms with Crippen molar-refractivity contribution in [3.05, 3.63) is 29.7 Å². The van der Waals surface area contributed by atoms with Gasteiger partial charge in [-0.2, -0.15) is 13.2 Å². The number of alkyl halides is 3. The first kappa shape index (κ1) is 21.9. The number of hydrogen-bond donors (Lipinski definition) is 5. The van der Waals surface area contributed by atoms with Gasteiger partial charge in [0.2, 0.25) is 5.82 Å². The SMILES string of the molecule is [B]c1cc(N=C(NO)c2nonc2NCCNC(N)=NCC(F)(F)F)ccc1F. The number of aliphatic imine (C=N–C) groups is 2. The van der Waals surface area contributed by atoms with Crippen LogP contribution in [0.4, 0.5) is 29.1 Å². The number of guanidine groups is 1. The molecule has 0 amide bonds. The Morgan fingerprint density at radius 2 is 2.03 bits per heavy atom. The largest absolute Gasteiger partial charge is 0.408 e. The van der Waals surface area contributed by atoms with E-state index in [1.165, 1.54) is 12.1 Å². The summed E-state index contributed by atoms with van der Waals surface area (Å²) in [5.74, 6) is -1.12. The second kappa shape index (κ2) is 9.72. The molecular weight excluding hydrogens is 399 g/mol. The monoisotopic (exact) mass is 414 g/mol. The van der Waals surface area contributed by atoms with Crippen molar-refractivity contribution >= 4 is 36.6 Å². The van der Waals surface area contributed by atoms with Crippen LogP contribution in [0.1, 0.15) is 5.69 Å². The van der Waals surface area contributed by atoms with Gasteiger partial charge in [-0.3, -0.25) is 10.7 Å². The number of amidine groups is 1. The lowest BCUT2D eigenvalue weighted by Crippen LogP contribution is -2.36. The molecular formula is C14H15BF4N8O2. The first-order valence-corrected chi connectivity index (χ1v) is 7.90. The van der Waals surface area contributed by atoms with E-state index in [2.05, 4.69) is 35.6 Å². The lowest BCUT2D eigenvalue weighted by Gasteiger charge is -2.08. The second-order valence-corrected chi connectivity index (χ2v) is 5.41. The molecule has 29 heavy (non-hydrogen) atoms. The molecule has 2 radical (unpaired) electrons. The Labute approximate surface area is 162 Å². The molecule has 0 saturated carbocycles. The quantitative estimate of drug-likeness (QED) is 0.106. The number of nitrogens with two attached hydrogens (primary N) is 1. The van der Waals surface area contributed by atoms with Gasteiger partial charge in [-0.05, 0) is 28.5 Å². The summed E-state index contributed by atoms with van der Waals surface area (Å²) in [6.07, 6.45) is -4.45. The molecule has 154 valence electrons. The summed E-state index contributed by atoms with van der Waals surface area (Å²) in [7, 11) is 5.46.